The Kier molecular flexibility index (Phi) is 10.5. The fourth-order valence-corrected chi connectivity index (χ4v) is 1.66. The van der Waals surface area contributed by atoms with E-state index in [0.717, 1.165) is 17.9 Å². The first kappa shape index (κ1) is 17.3. The van der Waals surface area contributed by atoms with Gasteiger partial charge in [-0.3, -0.25) is 0 Å². The molecule has 0 aliphatic rings. The van der Waals surface area contributed by atoms with Crippen LogP contribution in [0, 0.1) is 5.92 Å². The van der Waals surface area contributed by atoms with Gasteiger partial charge in [-0.25, -0.2) is 0 Å². The van der Waals surface area contributed by atoms with Crippen LogP contribution in [0.1, 0.15) is 54.4 Å². The van der Waals surface area contributed by atoms with Gasteiger partial charge in [0, 0.05) is 11.2 Å². The maximum Gasteiger partial charge on any atom is 0.0286 e. The topological polar surface area (TPSA) is 12.0 Å². The lowest BCUT2D eigenvalue weighted by molar-refractivity contribution is 0.442. The normalized spacial score (nSPS) is 12.5. The lowest BCUT2D eigenvalue weighted by atomic mass is 10.0. The highest BCUT2D eigenvalue weighted by atomic mass is 32.1. The van der Waals surface area contributed by atoms with Gasteiger partial charge in [0.05, 0.1) is 0 Å². The summed E-state index contributed by atoms with van der Waals surface area (Å²) < 4.78 is 0. The van der Waals surface area contributed by atoms with Crippen LogP contribution in [0.2, 0.25) is 0 Å². The molecule has 0 aromatic carbocycles. The van der Waals surface area contributed by atoms with Crippen molar-refractivity contribution in [3.8, 4) is 0 Å². The molecule has 1 nitrogen and oxygen atoms in total. The number of hydrogen-bond donors (Lipinski definition) is 2. The minimum absolute atomic E-state index is 0.131. The zero-order valence-corrected chi connectivity index (χ0v) is 12.2. The summed E-state index contributed by atoms with van der Waals surface area (Å²) in [5, 5.41) is 3.39. The van der Waals surface area contributed by atoms with E-state index in [9.17, 15) is 0 Å². The van der Waals surface area contributed by atoms with Gasteiger partial charge in [-0.15, -0.1) is 0 Å². The second-order valence-electron chi connectivity index (χ2n) is 4.64. The van der Waals surface area contributed by atoms with Crippen molar-refractivity contribution in [2.75, 3.05) is 5.75 Å². The predicted octanol–water partition coefficient (Wildman–Crippen LogP) is 4.26. The lowest BCUT2D eigenvalue weighted by Gasteiger charge is -2.25. The van der Waals surface area contributed by atoms with Gasteiger partial charge < -0.3 is 5.32 Å². The van der Waals surface area contributed by atoms with E-state index < -0.39 is 0 Å². The SMILES string of the molecule is C=C(CC(CC)CS)NC(C)(C)C.CC. The highest BCUT2D eigenvalue weighted by Gasteiger charge is 2.12. The van der Waals surface area contributed by atoms with Crippen LogP contribution >= 0.6 is 12.6 Å². The fourth-order valence-electron chi connectivity index (χ4n) is 1.27. The van der Waals surface area contributed by atoms with Crippen LogP contribution < -0.4 is 5.32 Å². The number of hydrogen-bond acceptors (Lipinski definition) is 2. The van der Waals surface area contributed by atoms with Crippen LogP contribution in [-0.2, 0) is 0 Å². The largest absolute Gasteiger partial charge is 0.384 e. The van der Waals surface area contributed by atoms with Gasteiger partial charge in [-0.05, 0) is 38.9 Å². The van der Waals surface area contributed by atoms with Crippen LogP contribution in [0.4, 0.5) is 0 Å². The number of rotatable bonds is 5. The van der Waals surface area contributed by atoms with Crippen molar-refractivity contribution in [2.45, 2.75) is 59.9 Å². The number of allylic oxidation sites excluding steroid dienone is 1. The van der Waals surface area contributed by atoms with Crippen molar-refractivity contribution in [1.82, 2.24) is 5.32 Å². The molecule has 0 bridgehead atoms. The molecule has 92 valence electrons. The summed E-state index contributed by atoms with van der Waals surface area (Å²) in [7, 11) is 0. The van der Waals surface area contributed by atoms with E-state index in [-0.39, 0.29) is 5.54 Å². The van der Waals surface area contributed by atoms with Gasteiger partial charge in [-0.2, -0.15) is 12.6 Å². The molecule has 1 N–H and O–H groups in total. The molecule has 0 aliphatic carbocycles. The second-order valence-corrected chi connectivity index (χ2v) is 5.00. The van der Waals surface area contributed by atoms with Gasteiger partial charge in [0.2, 0.25) is 0 Å². The third-order valence-electron chi connectivity index (χ3n) is 1.92. The zero-order chi connectivity index (χ0) is 12.5. The van der Waals surface area contributed by atoms with Crippen LogP contribution in [0.5, 0.6) is 0 Å². The van der Waals surface area contributed by atoms with E-state index in [2.05, 4.69) is 52.2 Å². The van der Waals surface area contributed by atoms with E-state index in [1.807, 2.05) is 13.8 Å². The minimum Gasteiger partial charge on any atom is -0.384 e. The third-order valence-corrected chi connectivity index (χ3v) is 2.44. The molecule has 0 amide bonds. The average Bonchev–Trinajstić information content (AvgIpc) is 2.14. The molecule has 2 heteroatoms. The maximum absolute atomic E-state index is 4.31. The Labute approximate surface area is 102 Å². The molecular weight excluding hydrogens is 202 g/mol. The van der Waals surface area contributed by atoms with Crippen LogP contribution in [-0.4, -0.2) is 11.3 Å². The second kappa shape index (κ2) is 9.14. The monoisotopic (exact) mass is 231 g/mol. The molecule has 0 rings (SSSR count). The third kappa shape index (κ3) is 11.8. The summed E-state index contributed by atoms with van der Waals surface area (Å²) in [5.41, 5.74) is 1.26. The van der Waals surface area contributed by atoms with Crippen LogP contribution in [0.15, 0.2) is 12.3 Å². The molecule has 0 saturated carbocycles. The maximum atomic E-state index is 4.31. The Bertz CT molecular complexity index is 154. The Morgan fingerprint density at radius 1 is 1.33 bits per heavy atom. The van der Waals surface area contributed by atoms with E-state index in [1.54, 1.807) is 0 Å². The van der Waals surface area contributed by atoms with Gasteiger partial charge in [0.15, 0.2) is 0 Å². The molecule has 0 fully saturated rings. The molecule has 0 spiro atoms. The first-order chi connectivity index (χ1) is 6.89. The van der Waals surface area contributed by atoms with Crippen molar-refractivity contribution in [1.29, 1.82) is 0 Å². The van der Waals surface area contributed by atoms with Gasteiger partial charge in [-0.1, -0.05) is 33.8 Å². The first-order valence-electron chi connectivity index (χ1n) is 5.96. The van der Waals surface area contributed by atoms with Crippen molar-refractivity contribution < 1.29 is 0 Å². The molecule has 0 aromatic rings. The Morgan fingerprint density at radius 2 is 1.80 bits per heavy atom. The van der Waals surface area contributed by atoms with E-state index in [1.165, 1.54) is 6.42 Å². The number of thiol groups is 1. The Morgan fingerprint density at radius 3 is 2.07 bits per heavy atom. The Balaban J connectivity index is 0. The van der Waals surface area contributed by atoms with Crippen molar-refractivity contribution in [3.05, 3.63) is 12.3 Å². The quantitative estimate of drug-likeness (QED) is 0.674. The van der Waals surface area contributed by atoms with Gasteiger partial charge in [0.1, 0.15) is 0 Å². The predicted molar refractivity (Wildman–Crippen MR) is 75.6 cm³/mol. The highest BCUT2D eigenvalue weighted by Crippen LogP contribution is 2.15. The summed E-state index contributed by atoms with van der Waals surface area (Å²) >= 11 is 4.31. The molecule has 0 aliphatic heterocycles. The molecule has 0 aromatic heterocycles. The zero-order valence-electron chi connectivity index (χ0n) is 11.4. The number of nitrogens with one attached hydrogen (secondary N) is 1. The first-order valence-corrected chi connectivity index (χ1v) is 6.59. The molecule has 1 atom stereocenters. The van der Waals surface area contributed by atoms with Gasteiger partial charge >= 0.3 is 0 Å². The van der Waals surface area contributed by atoms with Gasteiger partial charge in [0.25, 0.3) is 0 Å². The molecule has 1 unspecified atom stereocenters. The van der Waals surface area contributed by atoms with E-state index in [4.69, 9.17) is 0 Å². The molecule has 0 radical (unpaired) electrons. The smallest absolute Gasteiger partial charge is 0.0286 e. The summed E-state index contributed by atoms with van der Waals surface area (Å²) in [6, 6.07) is 0. The van der Waals surface area contributed by atoms with Crippen LogP contribution in [0.3, 0.4) is 0 Å². The summed E-state index contributed by atoms with van der Waals surface area (Å²) in [5.74, 6) is 1.60. The molecule has 15 heavy (non-hydrogen) atoms. The summed E-state index contributed by atoms with van der Waals surface area (Å²) in [6.07, 6.45) is 2.21. The van der Waals surface area contributed by atoms with Crippen molar-refractivity contribution >= 4 is 12.6 Å². The highest BCUT2D eigenvalue weighted by molar-refractivity contribution is 7.80. The van der Waals surface area contributed by atoms with E-state index in [0.29, 0.717) is 5.92 Å². The summed E-state index contributed by atoms with van der Waals surface area (Å²) in [4.78, 5) is 0. The lowest BCUT2D eigenvalue weighted by Crippen LogP contribution is -2.35. The molecule has 0 saturated heterocycles. The van der Waals surface area contributed by atoms with Crippen molar-refractivity contribution in [3.63, 3.8) is 0 Å². The molecule has 0 heterocycles. The van der Waals surface area contributed by atoms with E-state index >= 15 is 0 Å². The van der Waals surface area contributed by atoms with Crippen LogP contribution in [0.25, 0.3) is 0 Å². The molecular formula is C13H29NS. The minimum atomic E-state index is 0.131. The average molecular weight is 231 g/mol. The summed E-state index contributed by atoms with van der Waals surface area (Å²) in [6.45, 7) is 16.7. The Hall–Kier alpha value is -0.110. The fraction of sp³-hybridized carbons (Fsp3) is 0.846. The van der Waals surface area contributed by atoms with Crippen molar-refractivity contribution in [2.24, 2.45) is 5.92 Å². The standard InChI is InChI=1S/C11H23NS.C2H6/c1-6-10(8-13)7-9(2)12-11(3,4)5;1-2/h10,12-13H,2,6-8H2,1,3-5H3;1-2H3.